The second-order valence-corrected chi connectivity index (χ2v) is 9.85. The topological polar surface area (TPSA) is 103 Å². The number of hydrogen-bond donors (Lipinski definition) is 0. The SMILES string of the molecule is Cc1ccc(C(C)C)c(OCCN2C(=O)S/C(=C\c3ccc(-c4ccc(C)cc4[N+](=O)[O-])o3)C2=O)c1. The van der Waals surface area contributed by atoms with E-state index in [1.165, 1.54) is 12.1 Å². The molecule has 3 aromatic rings. The molecule has 1 aliphatic rings. The van der Waals surface area contributed by atoms with Crippen LogP contribution in [0.5, 0.6) is 5.75 Å². The van der Waals surface area contributed by atoms with Crippen molar-refractivity contribution >= 4 is 34.7 Å². The van der Waals surface area contributed by atoms with Gasteiger partial charge in [-0.15, -0.1) is 0 Å². The van der Waals surface area contributed by atoms with Crippen LogP contribution in [-0.2, 0) is 4.79 Å². The molecule has 0 aliphatic carbocycles. The highest BCUT2D eigenvalue weighted by atomic mass is 32.2. The Morgan fingerprint density at radius 1 is 1.08 bits per heavy atom. The van der Waals surface area contributed by atoms with Crippen molar-refractivity contribution in [3.63, 3.8) is 0 Å². The van der Waals surface area contributed by atoms with Crippen molar-refractivity contribution < 1.29 is 23.7 Å². The predicted molar refractivity (Wildman–Crippen MR) is 139 cm³/mol. The molecule has 2 aromatic carbocycles. The largest absolute Gasteiger partial charge is 0.491 e. The maximum absolute atomic E-state index is 12.9. The van der Waals surface area contributed by atoms with Crippen molar-refractivity contribution in [1.29, 1.82) is 0 Å². The minimum absolute atomic E-state index is 0.0644. The second kappa shape index (κ2) is 10.4. The van der Waals surface area contributed by atoms with Crippen LogP contribution >= 0.6 is 11.8 Å². The van der Waals surface area contributed by atoms with Gasteiger partial charge in [0.25, 0.3) is 16.8 Å². The van der Waals surface area contributed by atoms with E-state index in [0.29, 0.717) is 17.1 Å². The van der Waals surface area contributed by atoms with Gasteiger partial charge in [0.05, 0.1) is 21.9 Å². The van der Waals surface area contributed by atoms with Crippen molar-refractivity contribution in [2.24, 2.45) is 0 Å². The molecule has 0 unspecified atom stereocenters. The molecular formula is C27H26N2O6S. The molecule has 0 atom stereocenters. The summed E-state index contributed by atoms with van der Waals surface area (Å²) in [5.41, 5.74) is 3.17. The highest BCUT2D eigenvalue weighted by Gasteiger charge is 2.35. The predicted octanol–water partition coefficient (Wildman–Crippen LogP) is 6.71. The first-order valence-corrected chi connectivity index (χ1v) is 12.3. The highest BCUT2D eigenvalue weighted by Crippen LogP contribution is 2.35. The van der Waals surface area contributed by atoms with E-state index >= 15 is 0 Å². The van der Waals surface area contributed by atoms with E-state index < -0.39 is 10.8 Å². The number of benzene rings is 2. The summed E-state index contributed by atoms with van der Waals surface area (Å²) < 4.78 is 11.7. The molecule has 8 nitrogen and oxygen atoms in total. The van der Waals surface area contributed by atoms with E-state index in [4.69, 9.17) is 9.15 Å². The van der Waals surface area contributed by atoms with Gasteiger partial charge in [-0.25, -0.2) is 0 Å². The second-order valence-electron chi connectivity index (χ2n) is 8.86. The number of aryl methyl sites for hydroxylation is 2. The molecule has 0 radical (unpaired) electrons. The minimum atomic E-state index is -0.459. The molecule has 0 bridgehead atoms. The normalized spacial score (nSPS) is 14.8. The fourth-order valence-corrected chi connectivity index (χ4v) is 4.73. The maximum Gasteiger partial charge on any atom is 0.293 e. The van der Waals surface area contributed by atoms with E-state index in [0.717, 1.165) is 39.1 Å². The lowest BCUT2D eigenvalue weighted by Crippen LogP contribution is -2.32. The number of hydrogen-bond acceptors (Lipinski definition) is 7. The summed E-state index contributed by atoms with van der Waals surface area (Å²) in [7, 11) is 0. The average molecular weight is 507 g/mol. The van der Waals surface area contributed by atoms with Crippen LogP contribution in [0.3, 0.4) is 0 Å². The summed E-state index contributed by atoms with van der Waals surface area (Å²) in [6, 6.07) is 14.1. The number of carbonyl (C=O) groups excluding carboxylic acids is 2. The summed E-state index contributed by atoms with van der Waals surface area (Å²) >= 11 is 0.823. The zero-order chi connectivity index (χ0) is 26.0. The first-order valence-electron chi connectivity index (χ1n) is 11.5. The van der Waals surface area contributed by atoms with E-state index in [1.807, 2.05) is 25.1 Å². The Hall–Kier alpha value is -3.85. The minimum Gasteiger partial charge on any atom is -0.491 e. The van der Waals surface area contributed by atoms with Crippen LogP contribution in [0, 0.1) is 24.0 Å². The first kappa shape index (κ1) is 25.2. The summed E-state index contributed by atoms with van der Waals surface area (Å²) in [6.07, 6.45) is 1.48. The van der Waals surface area contributed by atoms with E-state index in [2.05, 4.69) is 13.8 Å². The molecule has 0 saturated carbocycles. The molecule has 2 heterocycles. The molecular weight excluding hydrogens is 480 g/mol. The standard InChI is InChI=1S/C27H26N2O6S/c1-16(2)20-8-5-18(4)14-24(20)34-12-11-28-26(30)25(36-27(28)31)15-19-7-10-23(35-19)21-9-6-17(3)13-22(21)29(32)33/h5-10,13-16H,11-12H2,1-4H3/b25-15-. The Morgan fingerprint density at radius 3 is 2.53 bits per heavy atom. The summed E-state index contributed by atoms with van der Waals surface area (Å²) in [5, 5.41) is 11.1. The van der Waals surface area contributed by atoms with Gasteiger partial charge in [-0.2, -0.15) is 0 Å². The van der Waals surface area contributed by atoms with E-state index in [1.54, 1.807) is 31.2 Å². The van der Waals surface area contributed by atoms with Crippen LogP contribution in [0.2, 0.25) is 0 Å². The van der Waals surface area contributed by atoms with Crippen LogP contribution in [0.4, 0.5) is 10.5 Å². The fourth-order valence-electron chi connectivity index (χ4n) is 3.89. The van der Waals surface area contributed by atoms with Crippen molar-refractivity contribution in [3.05, 3.63) is 86.0 Å². The number of amides is 2. The van der Waals surface area contributed by atoms with Crippen LogP contribution in [0.1, 0.15) is 42.2 Å². The fraction of sp³-hybridized carbons (Fsp3) is 0.259. The van der Waals surface area contributed by atoms with Crippen LogP contribution < -0.4 is 4.74 Å². The molecule has 0 N–H and O–H groups in total. The van der Waals surface area contributed by atoms with Crippen molar-refractivity contribution in [2.75, 3.05) is 13.2 Å². The van der Waals surface area contributed by atoms with Crippen molar-refractivity contribution in [1.82, 2.24) is 4.90 Å². The monoisotopic (exact) mass is 506 g/mol. The molecule has 1 aliphatic heterocycles. The van der Waals surface area contributed by atoms with E-state index in [-0.39, 0.29) is 34.9 Å². The third kappa shape index (κ3) is 5.36. The summed E-state index contributed by atoms with van der Waals surface area (Å²) in [6.45, 7) is 8.21. The molecule has 4 rings (SSSR count). The number of nitro groups is 1. The third-order valence-corrected chi connectivity index (χ3v) is 6.66. The highest BCUT2D eigenvalue weighted by molar-refractivity contribution is 8.18. The molecule has 36 heavy (non-hydrogen) atoms. The molecule has 1 saturated heterocycles. The number of nitro benzene ring substituents is 1. The average Bonchev–Trinajstić information content (AvgIpc) is 3.38. The first-order chi connectivity index (χ1) is 17.1. The Kier molecular flexibility index (Phi) is 7.30. The molecule has 2 amide bonds. The van der Waals surface area contributed by atoms with Crippen molar-refractivity contribution in [3.8, 4) is 17.1 Å². The number of carbonyl (C=O) groups is 2. The lowest BCUT2D eigenvalue weighted by Gasteiger charge is -2.17. The lowest BCUT2D eigenvalue weighted by atomic mass is 10.0. The van der Waals surface area contributed by atoms with Crippen molar-refractivity contribution in [2.45, 2.75) is 33.6 Å². The zero-order valence-corrected chi connectivity index (χ0v) is 21.3. The molecule has 9 heteroatoms. The number of nitrogens with zero attached hydrogens (tertiary/aromatic N) is 2. The molecule has 186 valence electrons. The van der Waals surface area contributed by atoms with Gasteiger partial charge in [-0.1, -0.05) is 32.0 Å². The van der Waals surface area contributed by atoms with E-state index in [9.17, 15) is 19.7 Å². The van der Waals surface area contributed by atoms with Gasteiger partial charge in [0.1, 0.15) is 23.9 Å². The summed E-state index contributed by atoms with van der Waals surface area (Å²) in [5.74, 6) is 1.23. The number of furan rings is 1. The van der Waals surface area contributed by atoms with Gasteiger partial charge < -0.3 is 9.15 Å². The lowest BCUT2D eigenvalue weighted by molar-refractivity contribution is -0.384. The quantitative estimate of drug-likeness (QED) is 0.190. The summed E-state index contributed by atoms with van der Waals surface area (Å²) in [4.78, 5) is 37.7. The van der Waals surface area contributed by atoms with Gasteiger partial charge >= 0.3 is 0 Å². The van der Waals surface area contributed by atoms with Gasteiger partial charge in [-0.3, -0.25) is 24.6 Å². The zero-order valence-electron chi connectivity index (χ0n) is 20.4. The van der Waals surface area contributed by atoms with Gasteiger partial charge in [0.2, 0.25) is 0 Å². The van der Waals surface area contributed by atoms with Crippen LogP contribution in [0.25, 0.3) is 17.4 Å². The third-order valence-electron chi connectivity index (χ3n) is 5.75. The van der Waals surface area contributed by atoms with Crippen LogP contribution in [-0.4, -0.2) is 34.1 Å². The Morgan fingerprint density at radius 2 is 1.81 bits per heavy atom. The van der Waals surface area contributed by atoms with Crippen LogP contribution in [0.15, 0.2) is 57.9 Å². The van der Waals surface area contributed by atoms with Gasteiger partial charge in [-0.05, 0) is 72.5 Å². The Bertz CT molecular complexity index is 1370. The number of imide groups is 1. The maximum atomic E-state index is 12.9. The van der Waals surface area contributed by atoms with Gasteiger partial charge in [0, 0.05) is 12.1 Å². The molecule has 1 fully saturated rings. The Balaban J connectivity index is 1.46. The smallest absolute Gasteiger partial charge is 0.293 e. The van der Waals surface area contributed by atoms with Gasteiger partial charge in [0.15, 0.2) is 0 Å². The number of thioether (sulfide) groups is 1. The molecule has 0 spiro atoms. The number of rotatable bonds is 8. The Labute approximate surface area is 213 Å². The number of ether oxygens (including phenoxy) is 1. The molecule has 1 aromatic heterocycles.